The third kappa shape index (κ3) is 3.85. The summed E-state index contributed by atoms with van der Waals surface area (Å²) in [6, 6.07) is 19.0. The molecule has 3 heterocycles. The summed E-state index contributed by atoms with van der Waals surface area (Å²) in [4.78, 5) is 24.2. The molecule has 0 saturated heterocycles. The van der Waals surface area contributed by atoms with Crippen LogP contribution in [0.5, 0.6) is 5.75 Å². The van der Waals surface area contributed by atoms with Gasteiger partial charge in [0.05, 0.1) is 19.2 Å². The number of hydrogen-bond donors (Lipinski definition) is 0. The van der Waals surface area contributed by atoms with Crippen LogP contribution in [0.3, 0.4) is 0 Å². The van der Waals surface area contributed by atoms with Gasteiger partial charge in [0.25, 0.3) is 0 Å². The molecule has 0 amide bonds. The number of methoxy groups -OCH3 is 1. The molecular weight excluding hydrogens is 426 g/mol. The third-order valence-electron chi connectivity index (χ3n) is 5.59. The molecule has 1 atom stereocenters. The Morgan fingerprint density at radius 1 is 1.16 bits per heavy atom. The number of carbonyl (C=O) groups excluding carboxylic acids is 1. The van der Waals surface area contributed by atoms with Gasteiger partial charge < -0.3 is 14.1 Å². The number of carbonyl (C=O) groups is 1. The molecular formula is C25H20ClN3O3. The van der Waals surface area contributed by atoms with Gasteiger partial charge in [0.2, 0.25) is 11.7 Å². The Kier molecular flexibility index (Phi) is 5.37. The molecule has 1 aliphatic rings. The molecule has 1 unspecified atom stereocenters. The van der Waals surface area contributed by atoms with Crippen LogP contribution in [0.25, 0.3) is 11.6 Å². The Balaban J connectivity index is 1.45. The van der Waals surface area contributed by atoms with E-state index in [1.807, 2.05) is 54.6 Å². The van der Waals surface area contributed by atoms with Crippen molar-refractivity contribution in [1.82, 2.24) is 9.97 Å². The summed E-state index contributed by atoms with van der Waals surface area (Å²) in [6.07, 6.45) is 3.14. The molecule has 6 nitrogen and oxygen atoms in total. The Labute approximate surface area is 190 Å². The number of Topliss-reactive ketones (excluding diaryl/α,β-unsaturated/α-hetero) is 1. The summed E-state index contributed by atoms with van der Waals surface area (Å²) in [7, 11) is 1.62. The Morgan fingerprint density at radius 3 is 2.75 bits per heavy atom. The van der Waals surface area contributed by atoms with Crippen molar-refractivity contribution in [3.8, 4) is 17.3 Å². The van der Waals surface area contributed by atoms with Crippen LogP contribution >= 0.6 is 11.6 Å². The van der Waals surface area contributed by atoms with Crippen LogP contribution in [0, 0.1) is 0 Å². The fourth-order valence-electron chi connectivity index (χ4n) is 4.00. The first-order valence-electron chi connectivity index (χ1n) is 10.2. The second kappa shape index (κ2) is 8.48. The molecule has 160 valence electrons. The molecule has 0 spiro atoms. The van der Waals surface area contributed by atoms with Crippen LogP contribution in [-0.2, 0) is 6.54 Å². The van der Waals surface area contributed by atoms with Crippen LogP contribution in [0.4, 0.5) is 5.69 Å². The lowest BCUT2D eigenvalue weighted by atomic mass is 9.95. The van der Waals surface area contributed by atoms with Gasteiger partial charge >= 0.3 is 0 Å². The van der Waals surface area contributed by atoms with Gasteiger partial charge in [-0.05, 0) is 53.6 Å². The van der Waals surface area contributed by atoms with Crippen LogP contribution in [0.2, 0.25) is 5.02 Å². The number of fused-ring (bicyclic) bond motifs is 1. The number of ketones is 1. The van der Waals surface area contributed by atoms with E-state index < -0.39 is 5.92 Å². The van der Waals surface area contributed by atoms with Crippen LogP contribution < -0.4 is 9.64 Å². The lowest BCUT2D eigenvalue weighted by Gasteiger charge is -2.20. The number of ether oxygens (including phenoxy) is 1. The molecule has 0 aliphatic carbocycles. The maximum atomic E-state index is 13.5. The number of hydrogen-bond acceptors (Lipinski definition) is 6. The zero-order chi connectivity index (χ0) is 22.1. The van der Waals surface area contributed by atoms with Crippen molar-refractivity contribution in [2.45, 2.75) is 12.5 Å². The summed E-state index contributed by atoms with van der Waals surface area (Å²) >= 11 is 6.03. The molecule has 0 fully saturated rings. The van der Waals surface area contributed by atoms with E-state index in [0.29, 0.717) is 35.4 Å². The highest BCUT2D eigenvalue weighted by Crippen LogP contribution is 2.41. The standard InChI is InChI=1S/C25H20ClN3O3/c1-31-18-9-10-22-19(12-18)20(15-29(22)14-16-5-7-17(26)8-6-16)24(30)23-13-28-25(32-23)21-4-2-3-11-27-21/h2-13,20H,14-15H2,1H3. The number of anilines is 1. The van der Waals surface area contributed by atoms with Crippen molar-refractivity contribution in [1.29, 1.82) is 0 Å². The van der Waals surface area contributed by atoms with Crippen molar-refractivity contribution in [2.75, 3.05) is 18.6 Å². The Morgan fingerprint density at radius 2 is 2.00 bits per heavy atom. The summed E-state index contributed by atoms with van der Waals surface area (Å²) in [5.41, 5.74) is 3.62. The molecule has 7 heteroatoms. The first-order chi connectivity index (χ1) is 15.6. The Hall–Kier alpha value is -3.64. The summed E-state index contributed by atoms with van der Waals surface area (Å²) in [5.74, 6) is 0.750. The highest BCUT2D eigenvalue weighted by Gasteiger charge is 2.36. The molecule has 32 heavy (non-hydrogen) atoms. The van der Waals surface area contributed by atoms with Gasteiger partial charge in [-0.3, -0.25) is 9.78 Å². The van der Waals surface area contributed by atoms with Crippen LogP contribution in [-0.4, -0.2) is 29.4 Å². The molecule has 5 rings (SSSR count). The largest absolute Gasteiger partial charge is 0.497 e. The smallest absolute Gasteiger partial charge is 0.245 e. The van der Waals surface area contributed by atoms with Crippen molar-refractivity contribution >= 4 is 23.1 Å². The van der Waals surface area contributed by atoms with Gasteiger partial charge in [0, 0.05) is 30.0 Å². The van der Waals surface area contributed by atoms with Crippen LogP contribution in [0.1, 0.15) is 27.6 Å². The quantitative estimate of drug-likeness (QED) is 0.371. The van der Waals surface area contributed by atoms with Gasteiger partial charge in [-0.1, -0.05) is 29.8 Å². The van der Waals surface area contributed by atoms with E-state index >= 15 is 0 Å². The van der Waals surface area contributed by atoms with Gasteiger partial charge in [0.15, 0.2) is 5.76 Å². The maximum Gasteiger partial charge on any atom is 0.245 e. The van der Waals surface area contributed by atoms with Crippen LogP contribution in [0.15, 0.2) is 77.5 Å². The molecule has 2 aromatic carbocycles. The lowest BCUT2D eigenvalue weighted by molar-refractivity contribution is 0.0938. The summed E-state index contributed by atoms with van der Waals surface area (Å²) < 4.78 is 11.2. The van der Waals surface area contributed by atoms with E-state index in [4.69, 9.17) is 20.8 Å². The zero-order valence-electron chi connectivity index (χ0n) is 17.4. The summed E-state index contributed by atoms with van der Waals surface area (Å²) in [5, 5.41) is 0.697. The fourth-order valence-corrected chi connectivity index (χ4v) is 4.12. The number of aromatic nitrogens is 2. The third-order valence-corrected chi connectivity index (χ3v) is 5.84. The van der Waals surface area contributed by atoms with E-state index in [1.54, 1.807) is 19.4 Å². The zero-order valence-corrected chi connectivity index (χ0v) is 18.1. The van der Waals surface area contributed by atoms with Crippen molar-refractivity contribution in [3.63, 3.8) is 0 Å². The first kappa shape index (κ1) is 20.3. The minimum absolute atomic E-state index is 0.118. The number of benzene rings is 2. The molecule has 0 saturated carbocycles. The van der Waals surface area contributed by atoms with E-state index in [1.165, 1.54) is 6.20 Å². The second-order valence-corrected chi connectivity index (χ2v) is 8.03. The average Bonchev–Trinajstić information content (AvgIpc) is 3.46. The van der Waals surface area contributed by atoms with Crippen molar-refractivity contribution in [3.05, 3.63) is 95.0 Å². The SMILES string of the molecule is COc1ccc2c(c1)C(C(=O)c1cnc(-c3ccccn3)o1)CN2Cc1ccc(Cl)cc1. The molecule has 4 aromatic rings. The molecule has 2 aromatic heterocycles. The van der Waals surface area contributed by atoms with Gasteiger partial charge in [-0.15, -0.1) is 0 Å². The highest BCUT2D eigenvalue weighted by molar-refractivity contribution is 6.30. The van der Waals surface area contributed by atoms with Gasteiger partial charge in [-0.2, -0.15) is 0 Å². The lowest BCUT2D eigenvalue weighted by Crippen LogP contribution is -2.24. The molecule has 0 N–H and O–H groups in total. The van der Waals surface area contributed by atoms with E-state index in [-0.39, 0.29) is 11.5 Å². The topological polar surface area (TPSA) is 68.5 Å². The van der Waals surface area contributed by atoms with Crippen molar-refractivity contribution < 1.29 is 13.9 Å². The normalized spacial score (nSPS) is 14.9. The monoisotopic (exact) mass is 445 g/mol. The highest BCUT2D eigenvalue weighted by atomic mass is 35.5. The minimum atomic E-state index is -0.392. The number of rotatable bonds is 6. The van der Waals surface area contributed by atoms with E-state index in [2.05, 4.69) is 14.9 Å². The van der Waals surface area contributed by atoms with E-state index in [0.717, 1.165) is 16.8 Å². The predicted octanol–water partition coefficient (Wildman–Crippen LogP) is 5.39. The number of pyridine rings is 1. The number of halogens is 1. The maximum absolute atomic E-state index is 13.5. The van der Waals surface area contributed by atoms with Gasteiger partial charge in [-0.25, -0.2) is 4.98 Å². The second-order valence-electron chi connectivity index (χ2n) is 7.59. The number of nitrogens with zero attached hydrogens (tertiary/aromatic N) is 3. The Bertz CT molecular complexity index is 1260. The summed E-state index contributed by atoms with van der Waals surface area (Å²) in [6.45, 7) is 1.19. The number of oxazole rings is 1. The molecule has 1 aliphatic heterocycles. The predicted molar refractivity (Wildman–Crippen MR) is 122 cm³/mol. The van der Waals surface area contributed by atoms with Gasteiger partial charge in [0.1, 0.15) is 11.4 Å². The van der Waals surface area contributed by atoms with E-state index in [9.17, 15) is 4.79 Å². The average molecular weight is 446 g/mol. The molecule has 0 radical (unpaired) electrons. The first-order valence-corrected chi connectivity index (χ1v) is 10.6. The molecule has 0 bridgehead atoms. The fraction of sp³-hybridized carbons (Fsp3) is 0.160. The van der Waals surface area contributed by atoms with Crippen molar-refractivity contribution in [2.24, 2.45) is 0 Å². The minimum Gasteiger partial charge on any atom is -0.497 e.